The Morgan fingerprint density at radius 1 is 1.00 bits per heavy atom. The number of carbonyl (C=O) groups is 3. The van der Waals surface area contributed by atoms with Crippen LogP contribution in [0.1, 0.15) is 53.1 Å². The summed E-state index contributed by atoms with van der Waals surface area (Å²) in [6, 6.07) is 3.76. The van der Waals surface area contributed by atoms with E-state index < -0.39 is 0 Å². The Kier molecular flexibility index (Phi) is 5.89. The van der Waals surface area contributed by atoms with Crippen molar-refractivity contribution in [2.24, 2.45) is 5.92 Å². The van der Waals surface area contributed by atoms with Crippen LogP contribution in [0.5, 0.6) is 0 Å². The quantitative estimate of drug-likeness (QED) is 0.757. The normalized spacial score (nSPS) is 18.6. The van der Waals surface area contributed by atoms with Crippen molar-refractivity contribution in [1.29, 1.82) is 0 Å². The molecule has 0 spiro atoms. The number of piperazine rings is 1. The molecule has 6 heteroatoms. The third-order valence-corrected chi connectivity index (χ3v) is 6.27. The number of Topliss-reactive ketones (excluding diaryl/α,β-unsaturated/α-hetero) is 1. The monoisotopic (exact) mass is 362 g/mol. The zero-order valence-corrected chi connectivity index (χ0v) is 15.6. The molecule has 0 aromatic carbocycles. The molecule has 3 rings (SSSR count). The number of hydrogen-bond donors (Lipinski definition) is 0. The van der Waals surface area contributed by atoms with Gasteiger partial charge in [-0.1, -0.05) is 12.8 Å². The molecule has 0 unspecified atom stereocenters. The lowest BCUT2D eigenvalue weighted by Crippen LogP contribution is -2.51. The highest BCUT2D eigenvalue weighted by Crippen LogP contribution is 2.27. The van der Waals surface area contributed by atoms with Crippen LogP contribution in [0.4, 0.5) is 0 Å². The molecule has 2 aliphatic rings. The van der Waals surface area contributed by atoms with Crippen molar-refractivity contribution in [1.82, 2.24) is 9.80 Å². The molecule has 2 heterocycles. The summed E-state index contributed by atoms with van der Waals surface area (Å²) >= 11 is 1.48. The second-order valence-electron chi connectivity index (χ2n) is 7.02. The summed E-state index contributed by atoms with van der Waals surface area (Å²) in [5, 5.41) is 0. The van der Waals surface area contributed by atoms with Gasteiger partial charge in [0.1, 0.15) is 0 Å². The molecular formula is C19H26N2O3S. The number of rotatable bonds is 5. The Morgan fingerprint density at radius 2 is 1.64 bits per heavy atom. The zero-order chi connectivity index (χ0) is 17.8. The van der Waals surface area contributed by atoms with Gasteiger partial charge in [-0.05, 0) is 31.9 Å². The van der Waals surface area contributed by atoms with Gasteiger partial charge in [0.15, 0.2) is 5.78 Å². The molecule has 5 nitrogen and oxygen atoms in total. The summed E-state index contributed by atoms with van der Waals surface area (Å²) in [5.41, 5.74) is 0. The second-order valence-corrected chi connectivity index (χ2v) is 8.31. The molecule has 1 saturated heterocycles. The summed E-state index contributed by atoms with van der Waals surface area (Å²) in [5.74, 6) is 0.540. The molecule has 0 radical (unpaired) electrons. The van der Waals surface area contributed by atoms with Crippen LogP contribution >= 0.6 is 11.3 Å². The van der Waals surface area contributed by atoms with Crippen LogP contribution in [0.15, 0.2) is 12.1 Å². The van der Waals surface area contributed by atoms with Gasteiger partial charge < -0.3 is 9.80 Å². The summed E-state index contributed by atoms with van der Waals surface area (Å²) in [4.78, 5) is 42.5. The van der Waals surface area contributed by atoms with Crippen LogP contribution in [0, 0.1) is 12.8 Å². The minimum absolute atomic E-state index is 0.0228. The number of nitrogens with zero attached hydrogens (tertiary/aromatic N) is 2. The lowest BCUT2D eigenvalue weighted by Gasteiger charge is -2.36. The smallest absolute Gasteiger partial charge is 0.225 e. The van der Waals surface area contributed by atoms with Crippen molar-refractivity contribution in [3.63, 3.8) is 0 Å². The summed E-state index contributed by atoms with van der Waals surface area (Å²) in [6.45, 7) is 4.39. The number of ketones is 1. The van der Waals surface area contributed by atoms with Crippen LogP contribution in [0.3, 0.4) is 0 Å². The van der Waals surface area contributed by atoms with E-state index in [4.69, 9.17) is 0 Å². The number of carbonyl (C=O) groups excluding carboxylic acids is 3. The van der Waals surface area contributed by atoms with Crippen molar-refractivity contribution in [2.45, 2.75) is 45.4 Å². The zero-order valence-electron chi connectivity index (χ0n) is 14.8. The molecule has 0 atom stereocenters. The molecule has 1 saturated carbocycles. The van der Waals surface area contributed by atoms with Gasteiger partial charge in [0, 0.05) is 49.8 Å². The third-order valence-electron chi connectivity index (χ3n) is 5.23. The molecule has 1 aromatic rings. The average molecular weight is 362 g/mol. The standard InChI is InChI=1S/C19H26N2O3S/c1-14-6-8-17(25-14)16(22)7-9-18(23)20-10-12-21(13-11-20)19(24)15-4-2-3-5-15/h6,8,15H,2-5,7,9-13H2,1H3. The van der Waals surface area contributed by atoms with Crippen molar-refractivity contribution in [3.05, 3.63) is 21.9 Å². The Morgan fingerprint density at radius 3 is 2.24 bits per heavy atom. The second kappa shape index (κ2) is 8.13. The fraction of sp³-hybridized carbons (Fsp3) is 0.632. The molecule has 2 amide bonds. The fourth-order valence-electron chi connectivity index (χ4n) is 3.69. The van der Waals surface area contributed by atoms with E-state index in [1.54, 1.807) is 4.90 Å². The first-order valence-corrected chi connectivity index (χ1v) is 10.0. The van der Waals surface area contributed by atoms with Gasteiger partial charge in [-0.25, -0.2) is 0 Å². The van der Waals surface area contributed by atoms with Gasteiger partial charge in [0.05, 0.1) is 4.88 Å². The molecular weight excluding hydrogens is 336 g/mol. The van der Waals surface area contributed by atoms with Crippen LogP contribution in [-0.2, 0) is 9.59 Å². The highest BCUT2D eigenvalue weighted by molar-refractivity contribution is 7.14. The van der Waals surface area contributed by atoms with E-state index in [1.165, 1.54) is 11.3 Å². The third kappa shape index (κ3) is 4.48. The van der Waals surface area contributed by atoms with Crippen molar-refractivity contribution in [3.8, 4) is 0 Å². The van der Waals surface area contributed by atoms with Gasteiger partial charge >= 0.3 is 0 Å². The van der Waals surface area contributed by atoms with Crippen LogP contribution in [0.25, 0.3) is 0 Å². The van der Waals surface area contributed by atoms with E-state index in [9.17, 15) is 14.4 Å². The van der Waals surface area contributed by atoms with Gasteiger partial charge in [-0.3, -0.25) is 14.4 Å². The topological polar surface area (TPSA) is 57.7 Å². The fourth-order valence-corrected chi connectivity index (χ4v) is 4.53. The lowest BCUT2D eigenvalue weighted by molar-refractivity contribution is -0.142. The Balaban J connectivity index is 1.42. The predicted molar refractivity (Wildman–Crippen MR) is 97.7 cm³/mol. The van der Waals surface area contributed by atoms with E-state index in [0.29, 0.717) is 26.2 Å². The first kappa shape index (κ1) is 18.1. The highest BCUT2D eigenvalue weighted by Gasteiger charge is 2.30. The van der Waals surface area contributed by atoms with E-state index in [-0.39, 0.29) is 36.4 Å². The average Bonchev–Trinajstić information content (AvgIpc) is 3.30. The minimum atomic E-state index is 0.0228. The Hall–Kier alpha value is -1.69. The molecule has 25 heavy (non-hydrogen) atoms. The van der Waals surface area contributed by atoms with Crippen LogP contribution < -0.4 is 0 Å². The van der Waals surface area contributed by atoms with E-state index in [2.05, 4.69) is 0 Å². The predicted octanol–water partition coefficient (Wildman–Crippen LogP) is 2.88. The largest absolute Gasteiger partial charge is 0.339 e. The SMILES string of the molecule is Cc1ccc(C(=O)CCC(=O)N2CCN(C(=O)C3CCCC3)CC2)s1. The van der Waals surface area contributed by atoms with Gasteiger partial charge in [0.25, 0.3) is 0 Å². The van der Waals surface area contributed by atoms with Gasteiger partial charge in [-0.2, -0.15) is 0 Å². The van der Waals surface area contributed by atoms with Crippen molar-refractivity contribution in [2.75, 3.05) is 26.2 Å². The first-order valence-electron chi connectivity index (χ1n) is 9.21. The van der Waals surface area contributed by atoms with Gasteiger partial charge in [-0.15, -0.1) is 11.3 Å². The number of hydrogen-bond acceptors (Lipinski definition) is 4. The molecule has 0 N–H and O–H groups in total. The molecule has 136 valence electrons. The summed E-state index contributed by atoms with van der Waals surface area (Å²) in [7, 11) is 0. The molecule has 2 fully saturated rings. The van der Waals surface area contributed by atoms with E-state index in [0.717, 1.165) is 35.4 Å². The summed E-state index contributed by atoms with van der Waals surface area (Å²) in [6.07, 6.45) is 4.87. The van der Waals surface area contributed by atoms with E-state index in [1.807, 2.05) is 24.0 Å². The molecule has 1 aromatic heterocycles. The van der Waals surface area contributed by atoms with E-state index >= 15 is 0 Å². The maximum atomic E-state index is 12.4. The number of amides is 2. The van der Waals surface area contributed by atoms with Crippen LogP contribution in [0.2, 0.25) is 0 Å². The number of thiophene rings is 1. The maximum absolute atomic E-state index is 12.4. The molecule has 0 bridgehead atoms. The lowest BCUT2D eigenvalue weighted by atomic mass is 10.1. The summed E-state index contributed by atoms with van der Waals surface area (Å²) < 4.78 is 0. The van der Waals surface area contributed by atoms with Gasteiger partial charge in [0.2, 0.25) is 11.8 Å². The Bertz CT molecular complexity index is 641. The highest BCUT2D eigenvalue weighted by atomic mass is 32.1. The minimum Gasteiger partial charge on any atom is -0.339 e. The first-order chi connectivity index (χ1) is 12.0. The molecule has 1 aliphatic heterocycles. The number of aryl methyl sites for hydroxylation is 1. The van der Waals surface area contributed by atoms with Crippen molar-refractivity contribution < 1.29 is 14.4 Å². The Labute approximate surface area is 153 Å². The molecule has 1 aliphatic carbocycles. The maximum Gasteiger partial charge on any atom is 0.225 e. The van der Waals surface area contributed by atoms with Crippen molar-refractivity contribution >= 4 is 28.9 Å². The van der Waals surface area contributed by atoms with Crippen LogP contribution in [-0.4, -0.2) is 53.6 Å².